The van der Waals surface area contributed by atoms with Crippen molar-refractivity contribution < 1.29 is 4.74 Å². The van der Waals surface area contributed by atoms with Crippen LogP contribution in [0.25, 0.3) is 0 Å². The molecule has 1 aromatic rings. The average Bonchev–Trinajstić information content (AvgIpc) is 2.49. The first kappa shape index (κ1) is 10.9. The van der Waals surface area contributed by atoms with Crippen LogP contribution in [-0.2, 0) is 0 Å². The summed E-state index contributed by atoms with van der Waals surface area (Å²) in [4.78, 5) is 4.96. The molecule has 1 aromatic carbocycles. The van der Waals surface area contributed by atoms with Gasteiger partial charge < -0.3 is 14.5 Å². The number of piperazine rings is 1. The van der Waals surface area contributed by atoms with Crippen LogP contribution in [0.5, 0.6) is 5.75 Å². The number of anilines is 1. The van der Waals surface area contributed by atoms with Gasteiger partial charge in [-0.3, -0.25) is 0 Å². The molecule has 3 heteroatoms. The summed E-state index contributed by atoms with van der Waals surface area (Å²) in [5, 5.41) is 0. The van der Waals surface area contributed by atoms with Crippen molar-refractivity contribution in [2.24, 2.45) is 0 Å². The molecule has 2 aliphatic rings. The van der Waals surface area contributed by atoms with E-state index in [9.17, 15) is 0 Å². The smallest absolute Gasteiger partial charge is 0.145 e. The second-order valence-electron chi connectivity index (χ2n) is 5.17. The van der Waals surface area contributed by atoms with E-state index < -0.39 is 0 Å². The number of nitrogens with zero attached hydrogens (tertiary/aromatic N) is 2. The van der Waals surface area contributed by atoms with Crippen LogP contribution >= 0.6 is 0 Å². The van der Waals surface area contributed by atoms with Crippen LogP contribution in [0.2, 0.25) is 0 Å². The molecule has 3 rings (SSSR count). The number of benzene rings is 1. The number of likely N-dealkylation sites (N-methyl/N-ethyl adjacent to an activating group) is 1. The number of ether oxygens (including phenoxy) is 1. The SMILES string of the molecule is Cc1cccc2c1OCC[C@H]1CN(C)CCN21. The molecular formula is C14H20N2O. The molecule has 0 aliphatic carbocycles. The molecule has 2 aliphatic heterocycles. The first-order chi connectivity index (χ1) is 8.25. The maximum atomic E-state index is 5.95. The highest BCUT2D eigenvalue weighted by molar-refractivity contribution is 5.63. The molecule has 0 N–H and O–H groups in total. The molecule has 0 saturated carbocycles. The van der Waals surface area contributed by atoms with E-state index in [4.69, 9.17) is 4.74 Å². The van der Waals surface area contributed by atoms with Crippen molar-refractivity contribution in [2.75, 3.05) is 38.2 Å². The van der Waals surface area contributed by atoms with E-state index in [1.807, 2.05) is 0 Å². The number of para-hydroxylation sites is 1. The van der Waals surface area contributed by atoms with Crippen molar-refractivity contribution in [3.05, 3.63) is 23.8 Å². The van der Waals surface area contributed by atoms with E-state index in [-0.39, 0.29) is 0 Å². The van der Waals surface area contributed by atoms with Crippen LogP contribution in [0.15, 0.2) is 18.2 Å². The highest BCUT2D eigenvalue weighted by Gasteiger charge is 2.29. The summed E-state index contributed by atoms with van der Waals surface area (Å²) in [6.07, 6.45) is 1.12. The van der Waals surface area contributed by atoms with Gasteiger partial charge in [-0.1, -0.05) is 12.1 Å². The predicted octanol–water partition coefficient (Wildman–Crippen LogP) is 1.90. The Kier molecular flexibility index (Phi) is 2.71. The van der Waals surface area contributed by atoms with Crippen LogP contribution in [0.1, 0.15) is 12.0 Å². The van der Waals surface area contributed by atoms with Crippen molar-refractivity contribution in [3.8, 4) is 5.75 Å². The Morgan fingerprint density at radius 3 is 3.06 bits per heavy atom. The minimum Gasteiger partial charge on any atom is -0.491 e. The van der Waals surface area contributed by atoms with Gasteiger partial charge in [0.05, 0.1) is 12.3 Å². The Labute approximate surface area is 103 Å². The Bertz CT molecular complexity index is 419. The molecule has 0 bridgehead atoms. The van der Waals surface area contributed by atoms with Crippen molar-refractivity contribution in [2.45, 2.75) is 19.4 Å². The summed E-state index contributed by atoms with van der Waals surface area (Å²) in [7, 11) is 2.21. The zero-order valence-corrected chi connectivity index (χ0v) is 10.6. The second-order valence-corrected chi connectivity index (χ2v) is 5.17. The molecule has 17 heavy (non-hydrogen) atoms. The summed E-state index contributed by atoms with van der Waals surface area (Å²) in [5.74, 6) is 1.10. The number of hydrogen-bond acceptors (Lipinski definition) is 3. The molecule has 1 fully saturated rings. The molecule has 0 aromatic heterocycles. The average molecular weight is 232 g/mol. The zero-order valence-electron chi connectivity index (χ0n) is 10.6. The van der Waals surface area contributed by atoms with E-state index in [0.29, 0.717) is 6.04 Å². The lowest BCUT2D eigenvalue weighted by Crippen LogP contribution is -2.51. The summed E-state index contributed by atoms with van der Waals surface area (Å²) in [5.41, 5.74) is 2.54. The van der Waals surface area contributed by atoms with Crippen molar-refractivity contribution in [1.82, 2.24) is 4.90 Å². The van der Waals surface area contributed by atoms with Gasteiger partial charge in [0.25, 0.3) is 0 Å². The normalized spacial score (nSPS) is 24.6. The maximum absolute atomic E-state index is 5.95. The third kappa shape index (κ3) is 1.89. The summed E-state index contributed by atoms with van der Waals surface area (Å²) in [6.45, 7) is 6.38. The highest BCUT2D eigenvalue weighted by Crippen LogP contribution is 2.36. The van der Waals surface area contributed by atoms with Crippen LogP contribution < -0.4 is 9.64 Å². The first-order valence-electron chi connectivity index (χ1n) is 6.43. The van der Waals surface area contributed by atoms with Crippen LogP contribution in [0.3, 0.4) is 0 Å². The minimum atomic E-state index is 0.608. The number of hydrogen-bond donors (Lipinski definition) is 0. The van der Waals surface area contributed by atoms with Gasteiger partial charge in [-0.05, 0) is 25.6 Å². The summed E-state index contributed by atoms with van der Waals surface area (Å²) in [6, 6.07) is 7.08. The van der Waals surface area contributed by atoms with E-state index in [1.165, 1.54) is 11.3 Å². The Morgan fingerprint density at radius 2 is 2.18 bits per heavy atom. The lowest BCUT2D eigenvalue weighted by molar-refractivity contribution is 0.242. The lowest BCUT2D eigenvalue weighted by atomic mass is 10.1. The molecule has 2 heterocycles. The molecule has 0 unspecified atom stereocenters. The molecular weight excluding hydrogens is 212 g/mol. The Balaban J connectivity index is 1.99. The Morgan fingerprint density at radius 1 is 1.29 bits per heavy atom. The number of aryl methyl sites for hydroxylation is 1. The fourth-order valence-electron chi connectivity index (χ4n) is 2.92. The molecule has 92 valence electrons. The molecule has 3 nitrogen and oxygen atoms in total. The monoisotopic (exact) mass is 232 g/mol. The van der Waals surface area contributed by atoms with Crippen molar-refractivity contribution >= 4 is 5.69 Å². The number of fused-ring (bicyclic) bond motifs is 3. The topological polar surface area (TPSA) is 15.7 Å². The van der Waals surface area contributed by atoms with Gasteiger partial charge in [-0.15, -0.1) is 0 Å². The highest BCUT2D eigenvalue weighted by atomic mass is 16.5. The third-order valence-electron chi connectivity index (χ3n) is 3.88. The third-order valence-corrected chi connectivity index (χ3v) is 3.88. The quantitative estimate of drug-likeness (QED) is 0.679. The van der Waals surface area contributed by atoms with Crippen LogP contribution in [-0.4, -0.2) is 44.2 Å². The fourth-order valence-corrected chi connectivity index (χ4v) is 2.92. The summed E-state index contributed by atoms with van der Waals surface area (Å²) >= 11 is 0. The van der Waals surface area contributed by atoms with Gasteiger partial charge in [0.1, 0.15) is 5.75 Å². The van der Waals surface area contributed by atoms with Crippen molar-refractivity contribution in [1.29, 1.82) is 0 Å². The molecule has 0 radical (unpaired) electrons. The van der Waals surface area contributed by atoms with E-state index in [2.05, 4.69) is 42.0 Å². The van der Waals surface area contributed by atoms with Crippen LogP contribution in [0, 0.1) is 6.92 Å². The maximum Gasteiger partial charge on any atom is 0.145 e. The van der Waals surface area contributed by atoms with Gasteiger partial charge in [-0.2, -0.15) is 0 Å². The van der Waals surface area contributed by atoms with E-state index in [0.717, 1.165) is 38.4 Å². The van der Waals surface area contributed by atoms with Crippen LogP contribution in [0.4, 0.5) is 5.69 Å². The minimum absolute atomic E-state index is 0.608. The van der Waals surface area contributed by atoms with Gasteiger partial charge >= 0.3 is 0 Å². The number of rotatable bonds is 0. The largest absolute Gasteiger partial charge is 0.491 e. The van der Waals surface area contributed by atoms with Gasteiger partial charge in [0, 0.05) is 32.1 Å². The van der Waals surface area contributed by atoms with Crippen molar-refractivity contribution in [3.63, 3.8) is 0 Å². The first-order valence-corrected chi connectivity index (χ1v) is 6.43. The molecule has 1 atom stereocenters. The summed E-state index contributed by atoms with van der Waals surface area (Å²) < 4.78 is 5.95. The lowest BCUT2D eigenvalue weighted by Gasteiger charge is -2.40. The molecule has 0 amide bonds. The van der Waals surface area contributed by atoms with E-state index >= 15 is 0 Å². The standard InChI is InChI=1S/C14H20N2O/c1-11-4-3-5-13-14(11)17-9-6-12-10-15(2)7-8-16(12)13/h3-5,12H,6-10H2,1-2H3/t12-/m0/s1. The molecule has 0 spiro atoms. The fraction of sp³-hybridized carbons (Fsp3) is 0.571. The zero-order chi connectivity index (χ0) is 11.8. The van der Waals surface area contributed by atoms with Gasteiger partial charge in [0.15, 0.2) is 0 Å². The Hall–Kier alpha value is -1.22. The van der Waals surface area contributed by atoms with Gasteiger partial charge in [0.2, 0.25) is 0 Å². The second kappa shape index (κ2) is 4.22. The predicted molar refractivity (Wildman–Crippen MR) is 69.9 cm³/mol. The van der Waals surface area contributed by atoms with E-state index in [1.54, 1.807) is 0 Å². The molecule has 1 saturated heterocycles. The van der Waals surface area contributed by atoms with Gasteiger partial charge in [-0.25, -0.2) is 0 Å².